The minimum absolute atomic E-state index is 0.450. The van der Waals surface area contributed by atoms with Gasteiger partial charge in [-0.3, -0.25) is 0 Å². The topological polar surface area (TPSA) is 73.8 Å². The van der Waals surface area contributed by atoms with Crippen LogP contribution in [-0.4, -0.2) is 42.7 Å². The Balaban J connectivity index is 1.31. The van der Waals surface area contributed by atoms with Gasteiger partial charge >= 0.3 is 0 Å². The first-order valence-corrected chi connectivity index (χ1v) is 18.7. The fraction of sp³-hybridized carbons (Fsp3) is 0.250. The molecule has 8 heteroatoms. The monoisotopic (exact) mass is 754 g/mol. The molecular formula is C48H50O8. The first-order chi connectivity index (χ1) is 27.4. The van der Waals surface area contributed by atoms with Gasteiger partial charge in [0.15, 0.2) is 34.5 Å². The maximum absolute atomic E-state index is 6.73. The number of methoxy groups -OCH3 is 6. The number of rotatable bonds is 19. The minimum atomic E-state index is 0.450. The summed E-state index contributed by atoms with van der Waals surface area (Å²) in [5.41, 5.74) is 6.81. The molecule has 8 nitrogen and oxygen atoms in total. The van der Waals surface area contributed by atoms with Gasteiger partial charge in [0.25, 0.3) is 0 Å². The van der Waals surface area contributed by atoms with E-state index in [1.165, 1.54) is 11.1 Å². The van der Waals surface area contributed by atoms with Crippen molar-refractivity contribution in [2.45, 2.75) is 38.5 Å². The van der Waals surface area contributed by atoms with Crippen LogP contribution in [0.15, 0.2) is 121 Å². The highest BCUT2D eigenvalue weighted by molar-refractivity contribution is 5.59. The van der Waals surface area contributed by atoms with Crippen molar-refractivity contribution in [1.82, 2.24) is 0 Å². The van der Waals surface area contributed by atoms with Crippen LogP contribution >= 0.6 is 0 Å². The lowest BCUT2D eigenvalue weighted by molar-refractivity contribution is 0.334. The molecule has 0 N–H and O–H groups in total. The molecule has 290 valence electrons. The van der Waals surface area contributed by atoms with Crippen LogP contribution in [0.4, 0.5) is 0 Å². The van der Waals surface area contributed by atoms with Gasteiger partial charge in [-0.2, -0.15) is 0 Å². The second kappa shape index (κ2) is 19.4. The van der Waals surface area contributed by atoms with Gasteiger partial charge in [-0.1, -0.05) is 48.5 Å². The van der Waals surface area contributed by atoms with Crippen LogP contribution in [0, 0.1) is 0 Å². The zero-order chi connectivity index (χ0) is 39.3. The highest BCUT2D eigenvalue weighted by Crippen LogP contribution is 2.46. The lowest BCUT2D eigenvalue weighted by Crippen LogP contribution is -2.01. The van der Waals surface area contributed by atoms with Gasteiger partial charge in [0.1, 0.15) is 17.2 Å². The molecule has 0 heterocycles. The van der Waals surface area contributed by atoms with E-state index in [2.05, 4.69) is 48.5 Å². The number of ether oxygens (including phenoxy) is 8. The minimum Gasteiger partial charge on any atom is -0.497 e. The van der Waals surface area contributed by atoms with Gasteiger partial charge in [-0.15, -0.1) is 0 Å². The molecule has 0 amide bonds. The molecule has 56 heavy (non-hydrogen) atoms. The van der Waals surface area contributed by atoms with Crippen LogP contribution in [0.2, 0.25) is 0 Å². The first-order valence-electron chi connectivity index (χ1n) is 18.7. The van der Waals surface area contributed by atoms with Gasteiger partial charge in [-0.25, -0.2) is 0 Å². The Morgan fingerprint density at radius 1 is 0.286 bits per heavy atom. The maximum Gasteiger partial charge on any atom is 0.204 e. The quantitative estimate of drug-likeness (QED) is 0.0809. The van der Waals surface area contributed by atoms with E-state index in [9.17, 15) is 0 Å². The zero-order valence-electron chi connectivity index (χ0n) is 33.1. The Morgan fingerprint density at radius 3 is 1.11 bits per heavy atom. The summed E-state index contributed by atoms with van der Waals surface area (Å²) in [4.78, 5) is 0. The van der Waals surface area contributed by atoms with Crippen molar-refractivity contribution in [2.24, 2.45) is 0 Å². The Labute approximate surface area is 330 Å². The number of hydrogen-bond donors (Lipinski definition) is 0. The van der Waals surface area contributed by atoms with E-state index in [4.69, 9.17) is 37.9 Å². The van der Waals surface area contributed by atoms with Crippen molar-refractivity contribution in [3.05, 3.63) is 155 Å². The van der Waals surface area contributed by atoms with Crippen molar-refractivity contribution in [3.8, 4) is 57.5 Å². The molecule has 0 unspecified atom stereocenters. The Bertz CT molecular complexity index is 2050. The summed E-state index contributed by atoms with van der Waals surface area (Å²) >= 11 is 0. The Morgan fingerprint density at radius 2 is 0.679 bits per heavy atom. The van der Waals surface area contributed by atoms with E-state index in [1.54, 1.807) is 42.7 Å². The summed E-state index contributed by atoms with van der Waals surface area (Å²) < 4.78 is 47.2. The summed E-state index contributed by atoms with van der Waals surface area (Å²) in [5, 5.41) is 0. The highest BCUT2D eigenvalue weighted by Gasteiger charge is 2.20. The SMILES string of the molecule is COc1ccc(CCc2ccc(OC)c(Oc3cc(CCc4cccc(OC)c4)cc(Oc4cc(CCc5ccc(OC)cc5)ccc4OC)c3OC)c2)cc1. The average Bonchev–Trinajstić information content (AvgIpc) is 3.24. The fourth-order valence-electron chi connectivity index (χ4n) is 6.56. The third-order valence-electron chi connectivity index (χ3n) is 9.74. The lowest BCUT2D eigenvalue weighted by Gasteiger charge is -2.19. The molecule has 0 saturated carbocycles. The van der Waals surface area contributed by atoms with Gasteiger partial charge in [0.2, 0.25) is 5.75 Å². The molecular weight excluding hydrogens is 705 g/mol. The maximum atomic E-state index is 6.73. The second-order valence-corrected chi connectivity index (χ2v) is 13.3. The van der Waals surface area contributed by atoms with Crippen molar-refractivity contribution in [2.75, 3.05) is 42.7 Å². The van der Waals surface area contributed by atoms with E-state index in [-0.39, 0.29) is 0 Å². The molecule has 0 aliphatic rings. The van der Waals surface area contributed by atoms with Crippen molar-refractivity contribution in [1.29, 1.82) is 0 Å². The van der Waals surface area contributed by atoms with Crippen molar-refractivity contribution in [3.63, 3.8) is 0 Å². The van der Waals surface area contributed by atoms with E-state index >= 15 is 0 Å². The number of aryl methyl sites for hydroxylation is 6. The lowest BCUT2D eigenvalue weighted by atomic mass is 10.0. The summed E-state index contributed by atoms with van der Waals surface area (Å²) in [7, 11) is 9.94. The van der Waals surface area contributed by atoms with Crippen LogP contribution in [0.3, 0.4) is 0 Å². The second-order valence-electron chi connectivity index (χ2n) is 13.3. The van der Waals surface area contributed by atoms with Gasteiger partial charge in [0, 0.05) is 0 Å². The Hall–Kier alpha value is -6.28. The average molecular weight is 755 g/mol. The van der Waals surface area contributed by atoms with Crippen LogP contribution in [0.1, 0.15) is 33.4 Å². The third kappa shape index (κ3) is 10.3. The van der Waals surface area contributed by atoms with Crippen LogP contribution in [0.25, 0.3) is 0 Å². The highest BCUT2D eigenvalue weighted by atomic mass is 16.6. The molecule has 6 rings (SSSR count). The van der Waals surface area contributed by atoms with Crippen LogP contribution in [0.5, 0.6) is 57.5 Å². The molecule has 0 aliphatic heterocycles. The molecule has 0 aromatic heterocycles. The van der Waals surface area contributed by atoms with Crippen molar-refractivity contribution >= 4 is 0 Å². The first kappa shape index (κ1) is 39.4. The fourth-order valence-corrected chi connectivity index (χ4v) is 6.56. The molecule has 0 spiro atoms. The normalized spacial score (nSPS) is 10.8. The third-order valence-corrected chi connectivity index (χ3v) is 9.74. The number of benzene rings is 6. The molecule has 6 aromatic rings. The predicted octanol–water partition coefficient (Wildman–Crippen LogP) is 10.7. The standard InChI is InChI=1S/C48H50O8/c1-49-39-22-16-33(17-23-39)10-12-36-20-26-42(52-4)44(29-36)55-46-31-38(15-14-35-8-7-9-41(28-35)51-3)32-47(48(46)54-6)56-45-30-37(21-27-43(45)53-5)13-11-34-18-24-40(50-2)25-19-34/h7-9,16-32H,10-15H2,1-6H3. The smallest absolute Gasteiger partial charge is 0.204 e. The largest absolute Gasteiger partial charge is 0.497 e. The summed E-state index contributed by atoms with van der Waals surface area (Å²) in [6.45, 7) is 0. The summed E-state index contributed by atoms with van der Waals surface area (Å²) in [6.07, 6.45) is 4.83. The molecule has 0 bridgehead atoms. The van der Waals surface area contributed by atoms with Gasteiger partial charge < -0.3 is 37.9 Å². The van der Waals surface area contributed by atoms with Gasteiger partial charge in [-0.05, 0) is 145 Å². The molecule has 0 fully saturated rings. The van der Waals surface area contributed by atoms with Crippen molar-refractivity contribution < 1.29 is 37.9 Å². The van der Waals surface area contributed by atoms with E-state index in [0.717, 1.165) is 71.6 Å². The van der Waals surface area contributed by atoms with E-state index in [0.29, 0.717) is 46.7 Å². The summed E-state index contributed by atoms with van der Waals surface area (Å²) in [6, 6.07) is 40.5. The van der Waals surface area contributed by atoms with E-state index < -0.39 is 0 Å². The molecule has 0 radical (unpaired) electrons. The Kier molecular flexibility index (Phi) is 13.6. The molecule has 6 aromatic carbocycles. The number of hydrogen-bond acceptors (Lipinski definition) is 8. The molecule has 0 aliphatic carbocycles. The zero-order valence-corrected chi connectivity index (χ0v) is 33.1. The van der Waals surface area contributed by atoms with Crippen LogP contribution in [-0.2, 0) is 38.5 Å². The van der Waals surface area contributed by atoms with Crippen LogP contribution < -0.4 is 37.9 Å². The molecule has 0 saturated heterocycles. The van der Waals surface area contributed by atoms with Gasteiger partial charge in [0.05, 0.1) is 42.7 Å². The summed E-state index contributed by atoms with van der Waals surface area (Å²) in [5.74, 6) is 6.33. The molecule has 0 atom stereocenters. The predicted molar refractivity (Wildman–Crippen MR) is 220 cm³/mol. The van der Waals surface area contributed by atoms with E-state index in [1.807, 2.05) is 72.8 Å².